The van der Waals surface area contributed by atoms with E-state index >= 15 is 0 Å². The van der Waals surface area contributed by atoms with E-state index in [1.807, 2.05) is 55.5 Å². The summed E-state index contributed by atoms with van der Waals surface area (Å²) in [6, 6.07) is 17.7. The fourth-order valence-corrected chi connectivity index (χ4v) is 5.66. The first-order chi connectivity index (χ1) is 18.7. The van der Waals surface area contributed by atoms with Gasteiger partial charge in [0.2, 0.25) is 0 Å². The number of halogens is 1. The third-order valence-corrected chi connectivity index (χ3v) is 7.32. The smallest absolute Gasteiger partial charge is 0.338 e. The number of furan rings is 1. The fourth-order valence-electron chi connectivity index (χ4n) is 4.45. The van der Waals surface area contributed by atoms with Crippen LogP contribution in [0.15, 0.2) is 86.1 Å². The molecule has 200 valence electrons. The Morgan fingerprint density at radius 3 is 2.64 bits per heavy atom. The van der Waals surface area contributed by atoms with Crippen molar-refractivity contribution in [3.05, 3.63) is 108 Å². The maximum absolute atomic E-state index is 13.8. The third kappa shape index (κ3) is 5.48. The van der Waals surface area contributed by atoms with Crippen LogP contribution in [0.25, 0.3) is 17.4 Å². The number of hydrogen-bond acceptors (Lipinski definition) is 7. The van der Waals surface area contributed by atoms with Gasteiger partial charge in [-0.3, -0.25) is 9.36 Å². The zero-order valence-corrected chi connectivity index (χ0v) is 23.5. The van der Waals surface area contributed by atoms with Crippen LogP contribution in [0.5, 0.6) is 5.75 Å². The topological polar surface area (TPSA) is 83.0 Å². The number of esters is 1. The van der Waals surface area contributed by atoms with Gasteiger partial charge in [-0.25, -0.2) is 9.79 Å². The van der Waals surface area contributed by atoms with Crippen molar-refractivity contribution in [2.75, 3.05) is 6.61 Å². The molecular formula is C30H27ClN2O5S. The van der Waals surface area contributed by atoms with Crippen molar-refractivity contribution in [3.63, 3.8) is 0 Å². The van der Waals surface area contributed by atoms with Gasteiger partial charge in [0.05, 0.1) is 34.6 Å². The first kappa shape index (κ1) is 26.7. The van der Waals surface area contributed by atoms with Crippen LogP contribution in [0.3, 0.4) is 0 Å². The highest BCUT2D eigenvalue weighted by atomic mass is 35.5. The summed E-state index contributed by atoms with van der Waals surface area (Å²) in [5.74, 6) is 1.35. The van der Waals surface area contributed by atoms with E-state index in [2.05, 4.69) is 4.99 Å². The summed E-state index contributed by atoms with van der Waals surface area (Å²) < 4.78 is 19.1. The summed E-state index contributed by atoms with van der Waals surface area (Å²) in [6.45, 7) is 7.78. The molecule has 0 N–H and O–H groups in total. The zero-order chi connectivity index (χ0) is 27.7. The number of allylic oxidation sites excluding steroid dienone is 1. The molecule has 0 saturated heterocycles. The van der Waals surface area contributed by atoms with Crippen molar-refractivity contribution in [1.29, 1.82) is 0 Å². The number of hydrogen-bond donors (Lipinski definition) is 0. The van der Waals surface area contributed by atoms with Crippen LogP contribution in [-0.4, -0.2) is 23.2 Å². The van der Waals surface area contributed by atoms with Gasteiger partial charge in [0, 0.05) is 16.7 Å². The molecule has 2 aromatic heterocycles. The molecule has 0 bridgehead atoms. The molecular weight excluding hydrogens is 536 g/mol. The van der Waals surface area contributed by atoms with Crippen LogP contribution in [0.2, 0.25) is 5.02 Å². The summed E-state index contributed by atoms with van der Waals surface area (Å²) in [6.07, 6.45) is 1.37. The summed E-state index contributed by atoms with van der Waals surface area (Å²) in [5, 5.41) is 0.607. The largest absolute Gasteiger partial charge is 0.494 e. The normalized spacial score (nSPS) is 15.3. The maximum Gasteiger partial charge on any atom is 0.338 e. The molecule has 3 heterocycles. The van der Waals surface area contributed by atoms with E-state index in [-0.39, 0.29) is 11.7 Å². The average Bonchev–Trinajstić information content (AvgIpc) is 3.48. The van der Waals surface area contributed by atoms with Crippen LogP contribution < -0.4 is 19.6 Å². The van der Waals surface area contributed by atoms with Crippen LogP contribution in [0, 0.1) is 0 Å². The minimum Gasteiger partial charge on any atom is -0.494 e. The second-order valence-corrected chi connectivity index (χ2v) is 10.7. The van der Waals surface area contributed by atoms with Gasteiger partial charge >= 0.3 is 5.97 Å². The van der Waals surface area contributed by atoms with Gasteiger partial charge in [0.15, 0.2) is 4.80 Å². The van der Waals surface area contributed by atoms with E-state index in [9.17, 15) is 9.59 Å². The molecule has 0 aliphatic carbocycles. The lowest BCUT2D eigenvalue weighted by Gasteiger charge is -2.25. The quantitative estimate of drug-likeness (QED) is 0.278. The zero-order valence-electron chi connectivity index (χ0n) is 21.9. The van der Waals surface area contributed by atoms with Crippen molar-refractivity contribution in [2.45, 2.75) is 39.8 Å². The molecule has 7 nitrogen and oxygen atoms in total. The highest BCUT2D eigenvalue weighted by Gasteiger charge is 2.33. The lowest BCUT2D eigenvalue weighted by Crippen LogP contribution is -2.40. The summed E-state index contributed by atoms with van der Waals surface area (Å²) >= 11 is 7.37. The molecule has 39 heavy (non-hydrogen) atoms. The number of rotatable bonds is 7. The minimum absolute atomic E-state index is 0.277. The van der Waals surface area contributed by atoms with Crippen LogP contribution >= 0.6 is 22.9 Å². The first-order valence-electron chi connectivity index (χ1n) is 12.6. The summed E-state index contributed by atoms with van der Waals surface area (Å²) in [5.41, 5.74) is 2.14. The van der Waals surface area contributed by atoms with E-state index in [0.29, 0.717) is 49.5 Å². The molecule has 0 saturated carbocycles. The Morgan fingerprint density at radius 1 is 1.18 bits per heavy atom. The molecule has 0 spiro atoms. The monoisotopic (exact) mass is 562 g/mol. The molecule has 1 atom stereocenters. The van der Waals surface area contributed by atoms with Gasteiger partial charge in [-0.2, -0.15) is 0 Å². The molecule has 2 aromatic carbocycles. The molecule has 9 heteroatoms. The second kappa shape index (κ2) is 11.1. The Labute approximate surface area is 234 Å². The molecule has 1 aliphatic rings. The average molecular weight is 563 g/mol. The van der Waals surface area contributed by atoms with Crippen LogP contribution in [0.4, 0.5) is 0 Å². The Hall–Kier alpha value is -3.88. The van der Waals surface area contributed by atoms with Gasteiger partial charge in [0.1, 0.15) is 17.3 Å². The van der Waals surface area contributed by atoms with E-state index in [1.54, 1.807) is 43.5 Å². The fraction of sp³-hybridized carbons (Fsp3) is 0.233. The number of carbonyl (C=O) groups is 1. The van der Waals surface area contributed by atoms with Crippen molar-refractivity contribution >= 4 is 35.0 Å². The number of ether oxygens (including phenoxy) is 2. The highest BCUT2D eigenvalue weighted by Crippen LogP contribution is 2.32. The van der Waals surface area contributed by atoms with E-state index in [4.69, 9.17) is 25.5 Å². The van der Waals surface area contributed by atoms with Gasteiger partial charge < -0.3 is 13.9 Å². The first-order valence-corrected chi connectivity index (χ1v) is 13.8. The Kier molecular flexibility index (Phi) is 7.59. The summed E-state index contributed by atoms with van der Waals surface area (Å²) in [4.78, 5) is 32.2. The molecule has 1 aliphatic heterocycles. The number of benzene rings is 2. The maximum atomic E-state index is 13.8. The minimum atomic E-state index is -0.705. The molecule has 4 aromatic rings. The van der Waals surface area contributed by atoms with Crippen LogP contribution in [0.1, 0.15) is 45.1 Å². The van der Waals surface area contributed by atoms with Crippen molar-refractivity contribution in [3.8, 4) is 17.1 Å². The van der Waals surface area contributed by atoms with E-state index in [0.717, 1.165) is 11.1 Å². The van der Waals surface area contributed by atoms with Crippen LogP contribution in [-0.2, 0) is 9.53 Å². The molecule has 0 fully saturated rings. The van der Waals surface area contributed by atoms with Crippen molar-refractivity contribution in [1.82, 2.24) is 4.57 Å². The number of thiazole rings is 1. The molecule has 0 unspecified atom stereocenters. The number of carbonyl (C=O) groups excluding carboxylic acids is 1. The predicted molar refractivity (Wildman–Crippen MR) is 152 cm³/mol. The van der Waals surface area contributed by atoms with Gasteiger partial charge in [-0.1, -0.05) is 47.2 Å². The number of fused-ring (bicyclic) bond motifs is 1. The molecule has 0 radical (unpaired) electrons. The van der Waals surface area contributed by atoms with E-state index < -0.39 is 12.0 Å². The summed E-state index contributed by atoms with van der Waals surface area (Å²) in [7, 11) is 0. The van der Waals surface area contributed by atoms with Crippen molar-refractivity contribution in [2.24, 2.45) is 4.99 Å². The standard InChI is InChI=1S/C30H27ClN2O5S/c1-5-36-22-11-9-19(10-12-22)27-26(29(35)37-17(2)3)18(4)32-30-33(27)28(34)25(39-30)16-23-13-14-24(38-23)20-7-6-8-21(31)15-20/h6-17,27H,5H2,1-4H3/b25-16+/t27-/m1/s1. The third-order valence-electron chi connectivity index (χ3n) is 6.10. The van der Waals surface area contributed by atoms with Gasteiger partial charge in [-0.05, 0) is 69.7 Å². The Balaban J connectivity index is 1.62. The predicted octanol–water partition coefficient (Wildman–Crippen LogP) is 5.50. The van der Waals surface area contributed by atoms with Gasteiger partial charge in [0.25, 0.3) is 5.56 Å². The van der Waals surface area contributed by atoms with Crippen molar-refractivity contribution < 1.29 is 18.7 Å². The lowest BCUT2D eigenvalue weighted by molar-refractivity contribution is -0.143. The highest BCUT2D eigenvalue weighted by molar-refractivity contribution is 7.07. The molecule has 0 amide bonds. The SMILES string of the molecule is CCOc1ccc([C@@H]2C(C(=O)OC(C)C)=C(C)N=c3s/c(=C/c4ccc(-c5cccc(Cl)c5)o4)c(=O)n32)cc1. The van der Waals surface area contributed by atoms with Gasteiger partial charge in [-0.15, -0.1) is 0 Å². The number of aromatic nitrogens is 1. The number of nitrogens with zero attached hydrogens (tertiary/aromatic N) is 2. The second-order valence-electron chi connectivity index (χ2n) is 9.25. The lowest BCUT2D eigenvalue weighted by atomic mass is 9.96. The Bertz CT molecular complexity index is 1740. The molecule has 5 rings (SSSR count). The Morgan fingerprint density at radius 2 is 1.95 bits per heavy atom. The van der Waals surface area contributed by atoms with E-state index in [1.165, 1.54) is 11.3 Å².